The largest absolute Gasteiger partial charge is 0.444 e. The van der Waals surface area contributed by atoms with Crippen molar-refractivity contribution in [2.24, 2.45) is 0 Å². The van der Waals surface area contributed by atoms with Crippen LogP contribution >= 0.6 is 0 Å². The molecule has 2 N–H and O–H groups in total. The van der Waals surface area contributed by atoms with Gasteiger partial charge in [0.25, 0.3) is 0 Å². The van der Waals surface area contributed by atoms with E-state index in [1.54, 1.807) is 0 Å². The van der Waals surface area contributed by atoms with E-state index in [4.69, 9.17) is 11.2 Å². The lowest BCUT2D eigenvalue weighted by Crippen LogP contribution is -2.39. The number of alkyl carbamates (subject to hydrolysis) is 1. The lowest BCUT2D eigenvalue weighted by atomic mass is 10.1. The molecule has 0 saturated heterocycles. The highest BCUT2D eigenvalue weighted by Crippen LogP contribution is 2.09. The summed E-state index contributed by atoms with van der Waals surface area (Å²) in [5, 5.41) is 12.0. The van der Waals surface area contributed by atoms with Crippen LogP contribution in [0.25, 0.3) is 0 Å². The van der Waals surface area contributed by atoms with Gasteiger partial charge in [-0.2, -0.15) is 0 Å². The van der Waals surface area contributed by atoms with Crippen LogP contribution in [0.4, 0.5) is 4.79 Å². The molecular weight excluding hydrogens is 218 g/mol. The minimum Gasteiger partial charge on any atom is -0.444 e. The van der Waals surface area contributed by atoms with Gasteiger partial charge in [0, 0.05) is 6.04 Å². The zero-order valence-corrected chi connectivity index (χ0v) is 11.1. The zero-order chi connectivity index (χ0) is 13.5. The maximum absolute atomic E-state index is 11.5. The molecule has 0 aliphatic carbocycles. The van der Waals surface area contributed by atoms with Gasteiger partial charge in [0.1, 0.15) is 11.7 Å². The Bertz CT molecular complexity index is 275. The molecule has 4 heteroatoms. The number of terminal acetylenes is 1. The predicted octanol–water partition coefficient (Wildman–Crippen LogP) is 2.06. The minimum atomic E-state index is -0.746. The number of ether oxygens (including phenoxy) is 1. The monoisotopic (exact) mass is 241 g/mol. The summed E-state index contributed by atoms with van der Waals surface area (Å²) in [7, 11) is 0. The van der Waals surface area contributed by atoms with E-state index in [2.05, 4.69) is 11.2 Å². The highest BCUT2D eigenvalue weighted by atomic mass is 16.6. The Kier molecular flexibility index (Phi) is 6.67. The molecule has 0 spiro atoms. The number of nitrogens with one attached hydrogen (secondary N) is 1. The van der Waals surface area contributed by atoms with E-state index in [0.717, 1.165) is 6.42 Å². The van der Waals surface area contributed by atoms with Crippen LogP contribution in [0.3, 0.4) is 0 Å². The molecular formula is C13H23NO3. The Morgan fingerprint density at radius 1 is 1.47 bits per heavy atom. The first-order valence-electron chi connectivity index (χ1n) is 5.92. The van der Waals surface area contributed by atoms with Crippen molar-refractivity contribution in [1.82, 2.24) is 5.32 Å². The van der Waals surface area contributed by atoms with Crippen molar-refractivity contribution < 1.29 is 14.6 Å². The summed E-state index contributed by atoms with van der Waals surface area (Å²) in [5.74, 6) is 2.25. The SMILES string of the molecule is C#CC(O)CC[C@H](CC)NC(=O)OC(C)(C)C. The van der Waals surface area contributed by atoms with E-state index in [9.17, 15) is 9.90 Å². The molecule has 0 bridgehead atoms. The standard InChI is InChI=1S/C13H23NO3/c1-6-10(8-9-11(15)7-2)14-12(16)17-13(3,4)5/h2,10-11,15H,6,8-9H2,1,3-5H3,(H,14,16)/t10-,11?/m0/s1. The fraction of sp³-hybridized carbons (Fsp3) is 0.769. The maximum atomic E-state index is 11.5. The molecule has 0 aromatic rings. The van der Waals surface area contributed by atoms with Crippen LogP contribution < -0.4 is 5.32 Å². The number of amides is 1. The average molecular weight is 241 g/mol. The van der Waals surface area contributed by atoms with E-state index in [-0.39, 0.29) is 6.04 Å². The first-order valence-corrected chi connectivity index (χ1v) is 5.92. The summed E-state index contributed by atoms with van der Waals surface area (Å²) >= 11 is 0. The highest BCUT2D eigenvalue weighted by molar-refractivity contribution is 5.68. The van der Waals surface area contributed by atoms with E-state index in [0.29, 0.717) is 12.8 Å². The van der Waals surface area contributed by atoms with Crippen molar-refractivity contribution in [1.29, 1.82) is 0 Å². The van der Waals surface area contributed by atoms with Gasteiger partial charge in [-0.1, -0.05) is 12.8 Å². The lowest BCUT2D eigenvalue weighted by Gasteiger charge is -2.23. The third-order valence-corrected chi connectivity index (χ3v) is 2.19. The van der Waals surface area contributed by atoms with Crippen LogP contribution in [0.5, 0.6) is 0 Å². The molecule has 2 atom stereocenters. The summed E-state index contributed by atoms with van der Waals surface area (Å²) in [6, 6.07) is -0.0205. The van der Waals surface area contributed by atoms with E-state index in [1.165, 1.54) is 0 Å². The molecule has 4 nitrogen and oxygen atoms in total. The van der Waals surface area contributed by atoms with Gasteiger partial charge < -0.3 is 15.2 Å². The molecule has 0 aliphatic rings. The van der Waals surface area contributed by atoms with E-state index in [1.807, 2.05) is 27.7 Å². The first-order chi connectivity index (χ1) is 7.78. The number of aliphatic hydroxyl groups is 1. The fourth-order valence-corrected chi connectivity index (χ4v) is 1.29. The van der Waals surface area contributed by atoms with Gasteiger partial charge in [0.15, 0.2) is 0 Å². The van der Waals surface area contributed by atoms with Crippen LogP contribution in [0.1, 0.15) is 47.0 Å². The van der Waals surface area contributed by atoms with Gasteiger partial charge in [-0.05, 0) is 40.0 Å². The predicted molar refractivity (Wildman–Crippen MR) is 67.5 cm³/mol. The average Bonchev–Trinajstić information content (AvgIpc) is 2.20. The maximum Gasteiger partial charge on any atom is 0.407 e. The third-order valence-electron chi connectivity index (χ3n) is 2.19. The number of hydrogen-bond donors (Lipinski definition) is 2. The number of hydrogen-bond acceptors (Lipinski definition) is 3. The van der Waals surface area contributed by atoms with Gasteiger partial charge in [-0.3, -0.25) is 0 Å². The number of carbonyl (C=O) groups is 1. The smallest absolute Gasteiger partial charge is 0.407 e. The van der Waals surface area contributed by atoms with Crippen LogP contribution in [0.2, 0.25) is 0 Å². The van der Waals surface area contributed by atoms with Crippen LogP contribution in [0, 0.1) is 12.3 Å². The van der Waals surface area contributed by atoms with Crippen molar-refractivity contribution in [2.75, 3.05) is 0 Å². The van der Waals surface area contributed by atoms with Crippen molar-refractivity contribution >= 4 is 6.09 Å². The first kappa shape index (κ1) is 15.8. The minimum absolute atomic E-state index is 0.0205. The van der Waals surface area contributed by atoms with E-state index < -0.39 is 17.8 Å². The van der Waals surface area contributed by atoms with Gasteiger partial charge in [-0.25, -0.2) is 4.79 Å². The van der Waals surface area contributed by atoms with Crippen LogP contribution in [0.15, 0.2) is 0 Å². The summed E-state index contributed by atoms with van der Waals surface area (Å²) < 4.78 is 5.15. The van der Waals surface area contributed by atoms with E-state index >= 15 is 0 Å². The zero-order valence-electron chi connectivity index (χ0n) is 11.1. The second kappa shape index (κ2) is 7.18. The molecule has 1 amide bonds. The molecule has 0 aromatic carbocycles. The summed E-state index contributed by atoms with van der Waals surface area (Å²) in [5.41, 5.74) is -0.499. The Labute approximate surface area is 104 Å². The van der Waals surface area contributed by atoms with Crippen LogP contribution in [-0.2, 0) is 4.74 Å². The van der Waals surface area contributed by atoms with Crippen molar-refractivity contribution in [3.63, 3.8) is 0 Å². The quantitative estimate of drug-likeness (QED) is 0.724. The normalized spacial score (nSPS) is 14.6. The fourth-order valence-electron chi connectivity index (χ4n) is 1.29. The molecule has 1 unspecified atom stereocenters. The number of rotatable bonds is 5. The van der Waals surface area contributed by atoms with Crippen molar-refractivity contribution in [3.8, 4) is 12.3 Å². The van der Waals surface area contributed by atoms with Gasteiger partial charge >= 0.3 is 6.09 Å². The molecule has 0 rings (SSSR count). The lowest BCUT2D eigenvalue weighted by molar-refractivity contribution is 0.0496. The Morgan fingerprint density at radius 2 is 2.06 bits per heavy atom. The van der Waals surface area contributed by atoms with Crippen molar-refractivity contribution in [3.05, 3.63) is 0 Å². The van der Waals surface area contributed by atoms with Crippen LogP contribution in [-0.4, -0.2) is 28.9 Å². The Hall–Kier alpha value is -1.21. The molecule has 0 fully saturated rings. The molecule has 0 radical (unpaired) electrons. The van der Waals surface area contributed by atoms with Gasteiger partial charge in [0.2, 0.25) is 0 Å². The number of aliphatic hydroxyl groups excluding tert-OH is 1. The van der Waals surface area contributed by atoms with Gasteiger partial charge in [-0.15, -0.1) is 6.42 Å². The second-order valence-electron chi connectivity index (χ2n) is 5.01. The molecule has 98 valence electrons. The van der Waals surface area contributed by atoms with Gasteiger partial charge in [0.05, 0.1) is 0 Å². The molecule has 0 saturated carbocycles. The topological polar surface area (TPSA) is 58.6 Å². The summed E-state index contributed by atoms with van der Waals surface area (Å²) in [6.45, 7) is 7.41. The summed E-state index contributed by atoms with van der Waals surface area (Å²) in [6.07, 6.45) is 5.79. The molecule has 0 aromatic heterocycles. The number of carbonyl (C=O) groups excluding carboxylic acids is 1. The second-order valence-corrected chi connectivity index (χ2v) is 5.01. The Morgan fingerprint density at radius 3 is 2.47 bits per heavy atom. The highest BCUT2D eigenvalue weighted by Gasteiger charge is 2.18. The summed E-state index contributed by atoms with van der Waals surface area (Å²) in [4.78, 5) is 11.5. The van der Waals surface area contributed by atoms with Crippen molar-refractivity contribution in [2.45, 2.75) is 64.7 Å². The Balaban J connectivity index is 4.05. The molecule has 0 aliphatic heterocycles. The molecule has 17 heavy (non-hydrogen) atoms. The third kappa shape index (κ3) is 8.58. The molecule has 0 heterocycles.